The van der Waals surface area contributed by atoms with Gasteiger partial charge < -0.3 is 11.1 Å². The molecule has 0 fully saturated rings. The van der Waals surface area contributed by atoms with E-state index in [0.717, 1.165) is 10.0 Å². The highest BCUT2D eigenvalue weighted by Crippen LogP contribution is 2.24. The monoisotopic (exact) mass is 366 g/mol. The molecule has 2 aromatic carbocycles. The Morgan fingerprint density at radius 3 is 2.38 bits per heavy atom. The third-order valence-corrected chi connectivity index (χ3v) is 4.11. The van der Waals surface area contributed by atoms with Crippen molar-refractivity contribution in [1.82, 2.24) is 5.32 Å². The van der Waals surface area contributed by atoms with Gasteiger partial charge >= 0.3 is 0 Å². The number of rotatable bonds is 3. The van der Waals surface area contributed by atoms with E-state index in [4.69, 9.17) is 17.3 Å². The molecular weight excluding hydrogens is 352 g/mol. The summed E-state index contributed by atoms with van der Waals surface area (Å²) in [7, 11) is 0. The van der Waals surface area contributed by atoms with Gasteiger partial charge in [0, 0.05) is 10.0 Å². The number of nitrogens with one attached hydrogen (secondary N) is 1. The molecule has 0 atom stereocenters. The second kappa shape index (κ2) is 6.08. The lowest BCUT2D eigenvalue weighted by Crippen LogP contribution is -2.40. The van der Waals surface area contributed by atoms with E-state index >= 15 is 0 Å². The first-order valence-corrected chi connectivity index (χ1v) is 7.60. The van der Waals surface area contributed by atoms with Gasteiger partial charge in [-0.15, -0.1) is 0 Å². The third kappa shape index (κ3) is 3.77. The van der Waals surface area contributed by atoms with Crippen molar-refractivity contribution in [3.05, 3.63) is 63.1 Å². The van der Waals surface area contributed by atoms with Gasteiger partial charge in [0.05, 0.1) is 16.2 Å². The van der Waals surface area contributed by atoms with Gasteiger partial charge in [-0.1, -0.05) is 39.7 Å². The maximum Gasteiger partial charge on any atom is 0.252 e. The van der Waals surface area contributed by atoms with E-state index in [2.05, 4.69) is 21.2 Å². The van der Waals surface area contributed by atoms with E-state index in [1.807, 2.05) is 38.1 Å². The number of hydrogen-bond acceptors (Lipinski definition) is 2. The highest BCUT2D eigenvalue weighted by atomic mass is 79.9. The molecule has 0 spiro atoms. The van der Waals surface area contributed by atoms with E-state index in [1.54, 1.807) is 18.2 Å². The zero-order valence-corrected chi connectivity index (χ0v) is 14.1. The van der Waals surface area contributed by atoms with Gasteiger partial charge in [-0.25, -0.2) is 0 Å². The highest BCUT2D eigenvalue weighted by molar-refractivity contribution is 9.10. The molecule has 2 aromatic rings. The molecule has 0 aromatic heterocycles. The number of nitrogen functional groups attached to an aromatic ring is 1. The smallest absolute Gasteiger partial charge is 0.252 e. The first-order valence-electron chi connectivity index (χ1n) is 6.43. The normalized spacial score (nSPS) is 11.2. The summed E-state index contributed by atoms with van der Waals surface area (Å²) in [5.74, 6) is -0.190. The van der Waals surface area contributed by atoms with E-state index in [1.165, 1.54) is 0 Å². The number of nitrogens with two attached hydrogens (primary N) is 1. The molecule has 3 N–H and O–H groups in total. The van der Waals surface area contributed by atoms with Gasteiger partial charge in [0.15, 0.2) is 0 Å². The minimum Gasteiger partial charge on any atom is -0.398 e. The van der Waals surface area contributed by atoms with Gasteiger partial charge in [0.1, 0.15) is 0 Å². The molecular formula is C16H16BrClN2O. The number of benzene rings is 2. The molecule has 0 aliphatic carbocycles. The summed E-state index contributed by atoms with van der Waals surface area (Å²) in [6.07, 6.45) is 0. The molecule has 1 amide bonds. The second-order valence-electron chi connectivity index (χ2n) is 5.32. The SMILES string of the molecule is CC(C)(NC(=O)c1ccc(N)c(Cl)c1)c1ccc(Br)cc1. The van der Waals surface area contributed by atoms with Crippen LogP contribution in [0.15, 0.2) is 46.9 Å². The van der Waals surface area contributed by atoms with Gasteiger partial charge in [-0.3, -0.25) is 4.79 Å². The number of hydrogen-bond donors (Lipinski definition) is 2. The quantitative estimate of drug-likeness (QED) is 0.792. The maximum atomic E-state index is 12.3. The molecule has 0 saturated heterocycles. The predicted molar refractivity (Wildman–Crippen MR) is 90.5 cm³/mol. The number of carbonyl (C=O) groups is 1. The fraction of sp³-hybridized carbons (Fsp3) is 0.188. The van der Waals surface area contributed by atoms with Crippen molar-refractivity contribution in [1.29, 1.82) is 0 Å². The van der Waals surface area contributed by atoms with Crippen molar-refractivity contribution in [3.63, 3.8) is 0 Å². The van der Waals surface area contributed by atoms with Gasteiger partial charge in [-0.2, -0.15) is 0 Å². The summed E-state index contributed by atoms with van der Waals surface area (Å²) >= 11 is 9.35. The van der Waals surface area contributed by atoms with Crippen molar-refractivity contribution in [2.75, 3.05) is 5.73 Å². The first-order chi connectivity index (χ1) is 9.79. The van der Waals surface area contributed by atoms with Crippen LogP contribution in [0, 0.1) is 0 Å². The van der Waals surface area contributed by atoms with Crippen LogP contribution < -0.4 is 11.1 Å². The Balaban J connectivity index is 2.21. The largest absolute Gasteiger partial charge is 0.398 e. The van der Waals surface area contributed by atoms with Crippen LogP contribution in [0.5, 0.6) is 0 Å². The van der Waals surface area contributed by atoms with E-state index in [-0.39, 0.29) is 5.91 Å². The zero-order valence-electron chi connectivity index (χ0n) is 11.8. The molecule has 0 saturated carbocycles. The van der Waals surface area contributed by atoms with Crippen LogP contribution in [-0.4, -0.2) is 5.91 Å². The summed E-state index contributed by atoms with van der Waals surface area (Å²) in [5, 5.41) is 3.38. The summed E-state index contributed by atoms with van der Waals surface area (Å²) in [6, 6.07) is 12.7. The van der Waals surface area contributed by atoms with Crippen molar-refractivity contribution in [3.8, 4) is 0 Å². The van der Waals surface area contributed by atoms with Crippen molar-refractivity contribution < 1.29 is 4.79 Å². The molecule has 110 valence electrons. The van der Waals surface area contributed by atoms with Crippen LogP contribution in [-0.2, 0) is 5.54 Å². The Morgan fingerprint density at radius 1 is 1.19 bits per heavy atom. The number of anilines is 1. The Labute approximate surface area is 137 Å². The zero-order chi connectivity index (χ0) is 15.6. The first kappa shape index (κ1) is 15.9. The van der Waals surface area contributed by atoms with Crippen LogP contribution in [0.25, 0.3) is 0 Å². The average Bonchev–Trinajstić information content (AvgIpc) is 2.41. The molecule has 0 unspecified atom stereocenters. The molecule has 0 radical (unpaired) electrons. The van der Waals surface area contributed by atoms with Crippen LogP contribution in [0.4, 0.5) is 5.69 Å². The summed E-state index contributed by atoms with van der Waals surface area (Å²) in [6.45, 7) is 3.90. The molecule has 0 bridgehead atoms. The number of halogens is 2. The summed E-state index contributed by atoms with van der Waals surface area (Å²) in [4.78, 5) is 12.3. The minimum absolute atomic E-state index is 0.190. The average molecular weight is 368 g/mol. The Hall–Kier alpha value is -1.52. The Bertz CT molecular complexity index is 668. The predicted octanol–water partition coefficient (Wildman–Crippen LogP) is 4.35. The Kier molecular flexibility index (Phi) is 4.59. The summed E-state index contributed by atoms with van der Waals surface area (Å²) < 4.78 is 0.999. The molecule has 21 heavy (non-hydrogen) atoms. The topological polar surface area (TPSA) is 55.1 Å². The van der Waals surface area contributed by atoms with Crippen molar-refractivity contribution in [2.24, 2.45) is 0 Å². The standard InChI is InChI=1S/C16H16BrClN2O/c1-16(2,11-4-6-12(17)7-5-11)20-15(21)10-3-8-14(19)13(18)9-10/h3-9H,19H2,1-2H3,(H,20,21). The number of carbonyl (C=O) groups excluding carboxylic acids is 1. The van der Waals surface area contributed by atoms with E-state index < -0.39 is 5.54 Å². The number of amides is 1. The van der Waals surface area contributed by atoms with Crippen LogP contribution in [0.1, 0.15) is 29.8 Å². The lowest BCUT2D eigenvalue weighted by molar-refractivity contribution is 0.0912. The van der Waals surface area contributed by atoms with Gasteiger partial charge in [0.2, 0.25) is 0 Å². The fourth-order valence-corrected chi connectivity index (χ4v) is 2.41. The van der Waals surface area contributed by atoms with Crippen LogP contribution in [0.2, 0.25) is 5.02 Å². The molecule has 2 rings (SSSR count). The third-order valence-electron chi connectivity index (χ3n) is 3.25. The van der Waals surface area contributed by atoms with Gasteiger partial charge in [0.25, 0.3) is 5.91 Å². The van der Waals surface area contributed by atoms with Crippen molar-refractivity contribution in [2.45, 2.75) is 19.4 Å². The lowest BCUT2D eigenvalue weighted by Gasteiger charge is -2.27. The fourth-order valence-electron chi connectivity index (χ4n) is 1.96. The van der Waals surface area contributed by atoms with Gasteiger partial charge in [-0.05, 0) is 49.7 Å². The molecule has 3 nitrogen and oxygen atoms in total. The van der Waals surface area contributed by atoms with E-state index in [0.29, 0.717) is 16.3 Å². The summed E-state index contributed by atoms with van der Waals surface area (Å²) in [5.41, 5.74) is 7.12. The van der Waals surface area contributed by atoms with Crippen LogP contribution >= 0.6 is 27.5 Å². The molecule has 0 aliphatic rings. The molecule has 0 aliphatic heterocycles. The van der Waals surface area contributed by atoms with Crippen LogP contribution in [0.3, 0.4) is 0 Å². The molecule has 0 heterocycles. The maximum absolute atomic E-state index is 12.3. The van der Waals surface area contributed by atoms with Crippen molar-refractivity contribution >= 4 is 39.1 Å². The highest BCUT2D eigenvalue weighted by Gasteiger charge is 2.23. The Morgan fingerprint density at radius 2 is 1.81 bits per heavy atom. The second-order valence-corrected chi connectivity index (χ2v) is 6.65. The molecule has 5 heteroatoms. The lowest BCUT2D eigenvalue weighted by atomic mass is 9.94. The van der Waals surface area contributed by atoms with E-state index in [9.17, 15) is 4.79 Å². The minimum atomic E-state index is -0.494.